The number of benzene rings is 8. The molecule has 5 heterocycles. The van der Waals surface area contributed by atoms with Crippen LogP contribution in [0.15, 0.2) is 167 Å². The summed E-state index contributed by atoms with van der Waals surface area (Å²) < 4.78 is 13.6. The number of aryl methyl sites for hydroxylation is 1. The summed E-state index contributed by atoms with van der Waals surface area (Å²) in [5.41, 5.74) is 20.8. The molecule has 2 aromatic heterocycles. The number of nitrogens with zero attached hydrogens (tertiary/aromatic N) is 3. The number of rotatable bonds is 3. The molecule has 0 radical (unpaired) electrons. The van der Waals surface area contributed by atoms with E-state index in [0.717, 1.165) is 61.7 Å². The summed E-state index contributed by atoms with van der Waals surface area (Å²) >= 11 is 0. The van der Waals surface area contributed by atoms with Crippen LogP contribution in [0.5, 0.6) is 0 Å². The van der Waals surface area contributed by atoms with Gasteiger partial charge in [-0.3, -0.25) is 0 Å². The Kier molecular flexibility index (Phi) is 7.85. The lowest BCUT2D eigenvalue weighted by Crippen LogP contribution is -2.61. The number of para-hydroxylation sites is 4. The predicted molar refractivity (Wildman–Crippen MR) is 281 cm³/mol. The zero-order valence-corrected chi connectivity index (χ0v) is 39.1. The van der Waals surface area contributed by atoms with Gasteiger partial charge in [0.2, 0.25) is 0 Å². The average molecular weight is 870 g/mol. The molecule has 0 bridgehead atoms. The summed E-state index contributed by atoms with van der Waals surface area (Å²) in [6.07, 6.45) is 4.82. The molecule has 1 saturated carbocycles. The van der Waals surface area contributed by atoms with E-state index in [0.29, 0.717) is 0 Å². The Morgan fingerprint density at radius 2 is 1.13 bits per heavy atom. The van der Waals surface area contributed by atoms with Crippen molar-refractivity contribution in [2.45, 2.75) is 83.6 Å². The average Bonchev–Trinajstić information content (AvgIpc) is 3.96. The summed E-state index contributed by atoms with van der Waals surface area (Å²) in [5, 5.41) is 4.51. The molecule has 3 aliphatic heterocycles. The lowest BCUT2D eigenvalue weighted by molar-refractivity contribution is 0.195. The van der Waals surface area contributed by atoms with Gasteiger partial charge in [-0.2, -0.15) is 0 Å². The third-order valence-corrected chi connectivity index (χ3v) is 16.6. The smallest absolute Gasteiger partial charge is 0.252 e. The minimum Gasteiger partial charge on any atom is -0.456 e. The van der Waals surface area contributed by atoms with E-state index in [-0.39, 0.29) is 23.1 Å². The summed E-state index contributed by atoms with van der Waals surface area (Å²) in [6.45, 7) is 14.2. The molecule has 1 aliphatic carbocycles. The van der Waals surface area contributed by atoms with E-state index in [9.17, 15) is 0 Å². The third kappa shape index (κ3) is 5.22. The highest BCUT2D eigenvalue weighted by Crippen LogP contribution is 2.61. The molecule has 5 nitrogen and oxygen atoms in total. The summed E-state index contributed by atoms with van der Waals surface area (Å²) in [6, 6.07) is 59.1. The highest BCUT2D eigenvalue weighted by Gasteiger charge is 2.58. The molecule has 0 spiro atoms. The first-order valence-electron chi connectivity index (χ1n) is 24.2. The number of fused-ring (bicyclic) bond motifs is 13. The van der Waals surface area contributed by atoms with E-state index >= 15 is 0 Å². The molecule has 0 N–H and O–H groups in total. The van der Waals surface area contributed by atoms with Crippen LogP contribution in [0.1, 0.15) is 77.0 Å². The molecule has 4 aliphatic rings. The van der Waals surface area contributed by atoms with Crippen LogP contribution in [0.4, 0.5) is 45.5 Å². The molecular formula is C61H52BN3O2. The second-order valence-electron chi connectivity index (χ2n) is 21.3. The van der Waals surface area contributed by atoms with Crippen LogP contribution in [-0.2, 0) is 10.8 Å². The number of anilines is 8. The van der Waals surface area contributed by atoms with Crippen LogP contribution in [-0.4, -0.2) is 12.3 Å². The van der Waals surface area contributed by atoms with Crippen LogP contribution in [0.25, 0.3) is 43.9 Å². The van der Waals surface area contributed by atoms with Crippen molar-refractivity contribution in [2.75, 3.05) is 14.7 Å². The lowest BCUT2D eigenvalue weighted by atomic mass is 9.33. The molecule has 2 atom stereocenters. The Morgan fingerprint density at radius 1 is 0.507 bits per heavy atom. The van der Waals surface area contributed by atoms with Gasteiger partial charge in [-0.15, -0.1) is 0 Å². The van der Waals surface area contributed by atoms with Crippen molar-refractivity contribution in [1.82, 2.24) is 0 Å². The first kappa shape index (κ1) is 39.0. The van der Waals surface area contributed by atoms with Gasteiger partial charge >= 0.3 is 0 Å². The van der Waals surface area contributed by atoms with Crippen LogP contribution < -0.4 is 31.1 Å². The maximum Gasteiger partial charge on any atom is 0.252 e. The highest BCUT2D eigenvalue weighted by atomic mass is 16.3. The number of furan rings is 2. The van der Waals surface area contributed by atoms with Crippen molar-refractivity contribution in [3.8, 4) is 0 Å². The molecule has 0 saturated heterocycles. The Balaban J connectivity index is 1.07. The van der Waals surface area contributed by atoms with Gasteiger partial charge < -0.3 is 23.5 Å². The summed E-state index contributed by atoms with van der Waals surface area (Å²) in [4.78, 5) is 7.79. The third-order valence-electron chi connectivity index (χ3n) is 16.6. The van der Waals surface area contributed by atoms with Crippen molar-refractivity contribution in [3.05, 3.63) is 174 Å². The zero-order chi connectivity index (χ0) is 45.1. The van der Waals surface area contributed by atoms with Crippen LogP contribution in [0.3, 0.4) is 0 Å². The maximum atomic E-state index is 6.96. The van der Waals surface area contributed by atoms with Crippen LogP contribution in [0, 0.1) is 6.92 Å². The fourth-order valence-electron chi connectivity index (χ4n) is 13.1. The fourth-order valence-corrected chi connectivity index (χ4v) is 13.1. The SMILES string of the molecule is Cc1cc2c3c(c1)N(c1cccc4c1oc1ccccc14)c1cc(N4c5ccccc5C5(C)CCCCC45C)ccc1B3c1ccc(C(C)(C)C)cc1N2c1ccc2c(c1)oc1ccccc12. The maximum absolute atomic E-state index is 6.96. The molecule has 67 heavy (non-hydrogen) atoms. The van der Waals surface area contributed by atoms with Crippen LogP contribution in [0.2, 0.25) is 0 Å². The van der Waals surface area contributed by atoms with E-state index in [4.69, 9.17) is 8.83 Å². The second-order valence-corrected chi connectivity index (χ2v) is 21.3. The molecule has 14 rings (SSSR count). The molecule has 326 valence electrons. The van der Waals surface area contributed by atoms with Gasteiger partial charge in [0.05, 0.1) is 11.2 Å². The van der Waals surface area contributed by atoms with Gasteiger partial charge in [-0.1, -0.05) is 125 Å². The van der Waals surface area contributed by atoms with Crippen molar-refractivity contribution in [3.63, 3.8) is 0 Å². The second kappa shape index (κ2) is 13.5. The minimum absolute atomic E-state index is 0.0302. The van der Waals surface area contributed by atoms with E-state index in [1.165, 1.54) is 86.5 Å². The van der Waals surface area contributed by atoms with E-state index in [2.05, 4.69) is 214 Å². The van der Waals surface area contributed by atoms with Gasteiger partial charge in [0.25, 0.3) is 6.71 Å². The molecule has 0 amide bonds. The molecule has 6 heteroatoms. The molecular weight excluding hydrogens is 818 g/mol. The summed E-state index contributed by atoms with van der Waals surface area (Å²) in [5.74, 6) is 0. The van der Waals surface area contributed by atoms with Crippen LogP contribution >= 0.6 is 0 Å². The predicted octanol–water partition coefficient (Wildman–Crippen LogP) is 14.9. The van der Waals surface area contributed by atoms with E-state index in [1.54, 1.807) is 0 Å². The van der Waals surface area contributed by atoms with Gasteiger partial charge in [-0.05, 0) is 132 Å². The topological polar surface area (TPSA) is 36.0 Å². The van der Waals surface area contributed by atoms with Gasteiger partial charge in [-0.25, -0.2) is 0 Å². The van der Waals surface area contributed by atoms with E-state index in [1.807, 2.05) is 0 Å². The Morgan fingerprint density at radius 3 is 1.94 bits per heavy atom. The summed E-state index contributed by atoms with van der Waals surface area (Å²) in [7, 11) is 0. The Hall–Kier alpha value is -7.18. The van der Waals surface area contributed by atoms with Gasteiger partial charge in [0.15, 0.2) is 5.58 Å². The first-order valence-corrected chi connectivity index (χ1v) is 24.2. The fraction of sp³-hybridized carbons (Fsp3) is 0.213. The quantitative estimate of drug-likeness (QED) is 0.165. The van der Waals surface area contributed by atoms with E-state index < -0.39 is 0 Å². The number of hydrogen-bond acceptors (Lipinski definition) is 5. The van der Waals surface area contributed by atoms with Crippen molar-refractivity contribution >= 4 is 112 Å². The van der Waals surface area contributed by atoms with Crippen molar-refractivity contribution in [2.24, 2.45) is 0 Å². The standard InChI is InChI=1S/C61H52BN3O2/c1-37-32-52-57-53(33-37)64(49-21-15-18-44-42-17-8-12-23-55(42)67-58(44)49)51-35-40(65-48-20-10-9-19-45(48)60(5)30-13-14-31-61(60,65)6)26-29-47(51)62(57)46-28-24-38(59(2,3)4)34-50(46)63(52)39-25-27-43-41-16-7-11-22-54(41)66-56(43)36-39/h7-12,15-29,32-36H,13-14,30-31H2,1-6H3. The molecule has 8 aromatic carbocycles. The first-order chi connectivity index (χ1) is 32.5. The highest BCUT2D eigenvalue weighted by molar-refractivity contribution is 7.00. The van der Waals surface area contributed by atoms with Crippen molar-refractivity contribution in [1.29, 1.82) is 0 Å². The molecule has 10 aromatic rings. The lowest BCUT2D eigenvalue weighted by Gasteiger charge is -2.50. The molecule has 2 unspecified atom stereocenters. The largest absolute Gasteiger partial charge is 0.456 e. The normalized spacial score (nSPS) is 19.6. The van der Waals surface area contributed by atoms with Crippen molar-refractivity contribution < 1.29 is 8.83 Å². The Labute approximate surface area is 392 Å². The number of hydrogen-bond donors (Lipinski definition) is 0. The van der Waals surface area contributed by atoms with Gasteiger partial charge in [0, 0.05) is 72.8 Å². The minimum atomic E-state index is -0.0781. The Bertz CT molecular complexity index is 3740. The monoisotopic (exact) mass is 869 g/mol. The van der Waals surface area contributed by atoms with Gasteiger partial charge in [0.1, 0.15) is 16.7 Å². The zero-order valence-electron chi connectivity index (χ0n) is 39.1. The molecule has 1 fully saturated rings.